The molecule has 0 aliphatic rings. The van der Waals surface area contributed by atoms with Crippen LogP contribution in [0, 0.1) is 0 Å². The monoisotopic (exact) mass is 509 g/mol. The third-order valence-corrected chi connectivity index (χ3v) is 8.11. The van der Waals surface area contributed by atoms with Gasteiger partial charge in [0.15, 0.2) is 0 Å². The Morgan fingerprint density at radius 1 is 0.474 bits per heavy atom. The Balaban J connectivity index is 1.34. The van der Waals surface area contributed by atoms with Crippen LogP contribution in [0.5, 0.6) is 0 Å². The van der Waals surface area contributed by atoms with Crippen LogP contribution in [0.3, 0.4) is 0 Å². The summed E-state index contributed by atoms with van der Waals surface area (Å²) in [5.74, 6) is 0. The molecule has 0 spiro atoms. The predicted octanol–water partition coefficient (Wildman–Crippen LogP) is 8.59. The van der Waals surface area contributed by atoms with E-state index in [0.717, 1.165) is 12.1 Å². The summed E-state index contributed by atoms with van der Waals surface area (Å²) in [6, 6.07) is 28.2. The molecule has 204 valence electrons. The molecule has 1 nitrogen and oxygen atoms in total. The van der Waals surface area contributed by atoms with Gasteiger partial charge in [-0.25, -0.2) is 0 Å². The number of unbranched alkanes of at least 4 members (excludes halogenated alkanes) is 15. The molecule has 0 aromatic heterocycles. The molecule has 0 radical (unpaired) electrons. The van der Waals surface area contributed by atoms with Gasteiger partial charge in [-0.05, 0) is 23.9 Å². The van der Waals surface area contributed by atoms with Crippen LogP contribution in [0.4, 0.5) is 5.69 Å². The zero-order valence-corrected chi connectivity index (χ0v) is 24.2. The molecular weight excluding hydrogens is 457 g/mol. The molecular formula is C36H52BN. The highest BCUT2D eigenvalue weighted by Gasteiger charge is 2.24. The lowest BCUT2D eigenvalue weighted by atomic mass is 9.36. The second-order valence-corrected chi connectivity index (χ2v) is 11.2. The predicted molar refractivity (Wildman–Crippen MR) is 172 cm³/mol. The van der Waals surface area contributed by atoms with Crippen molar-refractivity contribution in [3.05, 3.63) is 84.4 Å². The summed E-state index contributed by atoms with van der Waals surface area (Å²) < 4.78 is 0. The molecule has 0 aliphatic carbocycles. The van der Waals surface area contributed by atoms with Gasteiger partial charge in [0, 0.05) is 5.69 Å². The Labute approximate surface area is 234 Å². The van der Waals surface area contributed by atoms with Crippen molar-refractivity contribution in [1.29, 1.82) is 0 Å². The number of anilines is 1. The number of hydrogen-bond acceptors (Lipinski definition) is 1. The minimum Gasteiger partial charge on any atom is -0.399 e. The largest absolute Gasteiger partial charge is 0.399 e. The summed E-state index contributed by atoms with van der Waals surface area (Å²) in [7, 11) is 0. The highest BCUT2D eigenvalue weighted by molar-refractivity contribution is 6.96. The number of aryl methyl sites for hydroxylation is 1. The molecule has 0 heterocycles. The average molecular weight is 510 g/mol. The highest BCUT2D eigenvalue weighted by atomic mass is 14.6. The second kappa shape index (κ2) is 18.7. The van der Waals surface area contributed by atoms with E-state index in [1.54, 1.807) is 0 Å². The molecule has 0 saturated heterocycles. The summed E-state index contributed by atoms with van der Waals surface area (Å²) in [6.07, 6.45) is 23.5. The average Bonchev–Trinajstić information content (AvgIpc) is 2.96. The maximum atomic E-state index is 6.83. The third kappa shape index (κ3) is 10.7. The van der Waals surface area contributed by atoms with Crippen molar-refractivity contribution in [2.75, 3.05) is 5.73 Å². The molecule has 0 atom stereocenters. The number of benzene rings is 3. The van der Waals surface area contributed by atoms with E-state index in [2.05, 4.69) is 85.8 Å². The van der Waals surface area contributed by atoms with E-state index in [1.165, 1.54) is 125 Å². The van der Waals surface area contributed by atoms with Crippen LogP contribution in [-0.4, -0.2) is 6.71 Å². The van der Waals surface area contributed by atoms with E-state index in [0.29, 0.717) is 0 Å². The lowest BCUT2D eigenvalue weighted by Crippen LogP contribution is -2.52. The molecule has 0 aliphatic heterocycles. The normalized spacial score (nSPS) is 11.1. The first-order chi connectivity index (χ1) is 18.8. The Morgan fingerprint density at radius 3 is 1.34 bits per heavy atom. The van der Waals surface area contributed by atoms with Gasteiger partial charge in [-0.1, -0.05) is 193 Å². The first-order valence-corrected chi connectivity index (χ1v) is 15.8. The first kappa shape index (κ1) is 30.1. The van der Waals surface area contributed by atoms with Crippen LogP contribution < -0.4 is 22.1 Å². The summed E-state index contributed by atoms with van der Waals surface area (Å²) in [5, 5.41) is 0. The van der Waals surface area contributed by atoms with Crippen LogP contribution in [0.15, 0.2) is 78.9 Å². The maximum absolute atomic E-state index is 6.83. The van der Waals surface area contributed by atoms with E-state index in [9.17, 15) is 0 Å². The molecule has 2 N–H and O–H groups in total. The summed E-state index contributed by atoms with van der Waals surface area (Å²) in [4.78, 5) is 0. The molecule has 3 aromatic carbocycles. The number of nitrogen functional groups attached to an aromatic ring is 1. The summed E-state index contributed by atoms with van der Waals surface area (Å²) in [5.41, 5.74) is 12.9. The van der Waals surface area contributed by atoms with Crippen molar-refractivity contribution in [3.8, 4) is 0 Å². The lowest BCUT2D eigenvalue weighted by Gasteiger charge is -2.19. The van der Waals surface area contributed by atoms with E-state index in [4.69, 9.17) is 5.73 Å². The van der Waals surface area contributed by atoms with Gasteiger partial charge in [0.2, 0.25) is 6.71 Å². The number of hydrogen-bond donors (Lipinski definition) is 1. The number of rotatable bonds is 20. The fourth-order valence-corrected chi connectivity index (χ4v) is 5.81. The zero-order chi connectivity index (χ0) is 26.7. The van der Waals surface area contributed by atoms with Crippen LogP contribution in [-0.2, 0) is 6.42 Å². The molecule has 0 amide bonds. The molecule has 0 saturated carbocycles. The Hall–Kier alpha value is -2.48. The van der Waals surface area contributed by atoms with E-state index in [1.807, 2.05) is 0 Å². The van der Waals surface area contributed by atoms with Crippen molar-refractivity contribution in [1.82, 2.24) is 0 Å². The Bertz CT molecular complexity index is 945. The van der Waals surface area contributed by atoms with Gasteiger partial charge in [-0.3, -0.25) is 0 Å². The van der Waals surface area contributed by atoms with Crippen molar-refractivity contribution in [2.24, 2.45) is 0 Å². The minimum absolute atomic E-state index is 0.170. The third-order valence-electron chi connectivity index (χ3n) is 8.11. The van der Waals surface area contributed by atoms with Crippen LogP contribution in [0.2, 0.25) is 0 Å². The van der Waals surface area contributed by atoms with Gasteiger partial charge in [0.1, 0.15) is 0 Å². The lowest BCUT2D eigenvalue weighted by molar-refractivity contribution is 0.529. The van der Waals surface area contributed by atoms with Gasteiger partial charge in [0.25, 0.3) is 0 Å². The van der Waals surface area contributed by atoms with Gasteiger partial charge >= 0.3 is 0 Å². The minimum atomic E-state index is 0.170. The van der Waals surface area contributed by atoms with E-state index < -0.39 is 0 Å². The summed E-state index contributed by atoms with van der Waals surface area (Å²) in [6.45, 7) is 2.47. The Kier molecular flexibility index (Phi) is 14.8. The van der Waals surface area contributed by atoms with Gasteiger partial charge < -0.3 is 5.73 Å². The smallest absolute Gasteiger partial charge is 0.243 e. The summed E-state index contributed by atoms with van der Waals surface area (Å²) >= 11 is 0. The molecule has 3 aromatic rings. The number of para-hydroxylation sites is 1. The van der Waals surface area contributed by atoms with E-state index >= 15 is 0 Å². The van der Waals surface area contributed by atoms with Gasteiger partial charge in [0.05, 0.1) is 0 Å². The number of nitrogens with two attached hydrogens (primary N) is 1. The zero-order valence-electron chi connectivity index (χ0n) is 24.2. The fourth-order valence-electron chi connectivity index (χ4n) is 5.81. The van der Waals surface area contributed by atoms with Crippen molar-refractivity contribution < 1.29 is 0 Å². The van der Waals surface area contributed by atoms with Crippen molar-refractivity contribution in [3.63, 3.8) is 0 Å². The topological polar surface area (TPSA) is 26.0 Å². The molecule has 0 bridgehead atoms. The van der Waals surface area contributed by atoms with Gasteiger partial charge in [-0.2, -0.15) is 0 Å². The quantitative estimate of drug-likeness (QED) is 0.0921. The van der Waals surface area contributed by atoms with Crippen LogP contribution in [0.1, 0.15) is 115 Å². The van der Waals surface area contributed by atoms with E-state index in [-0.39, 0.29) is 6.71 Å². The molecule has 3 rings (SSSR count). The molecule has 0 unspecified atom stereocenters. The second-order valence-electron chi connectivity index (χ2n) is 11.2. The van der Waals surface area contributed by atoms with Crippen LogP contribution >= 0.6 is 0 Å². The van der Waals surface area contributed by atoms with Crippen molar-refractivity contribution >= 4 is 28.8 Å². The standard InChI is InChI=1S/C36H52BN/c1-2-3-4-5-6-7-8-9-10-11-12-13-14-15-16-19-25-32-26-24-31-35(36(32)38)37(33-27-20-17-21-28-33)34-29-22-18-23-30-34/h17-18,20-24,26-31H,2-16,19,25,38H2,1H3. The molecule has 38 heavy (non-hydrogen) atoms. The van der Waals surface area contributed by atoms with Gasteiger partial charge in [-0.15, -0.1) is 0 Å². The molecule has 2 heteroatoms. The SMILES string of the molecule is CCCCCCCCCCCCCCCCCCc1cccc(B(c2ccccc2)c2ccccc2)c1N. The molecule has 0 fully saturated rings. The van der Waals surface area contributed by atoms with Crippen molar-refractivity contribution in [2.45, 2.75) is 116 Å². The highest BCUT2D eigenvalue weighted by Crippen LogP contribution is 2.17. The van der Waals surface area contributed by atoms with Crippen LogP contribution in [0.25, 0.3) is 0 Å². The fraction of sp³-hybridized carbons (Fsp3) is 0.500. The first-order valence-electron chi connectivity index (χ1n) is 15.8. The maximum Gasteiger partial charge on any atom is 0.243 e. The Morgan fingerprint density at radius 2 is 0.895 bits per heavy atom.